The molecule has 1 unspecified atom stereocenters. The Morgan fingerprint density at radius 2 is 1.83 bits per heavy atom. The van der Waals surface area contributed by atoms with Crippen LogP contribution in [0.4, 0.5) is 5.69 Å². The van der Waals surface area contributed by atoms with Crippen molar-refractivity contribution >= 4 is 23.1 Å². The van der Waals surface area contributed by atoms with Crippen molar-refractivity contribution in [2.75, 3.05) is 13.7 Å². The van der Waals surface area contributed by atoms with Gasteiger partial charge in [-0.3, -0.25) is 19.7 Å². The first-order valence-electron chi connectivity index (χ1n) is 9.06. The molecule has 150 valence electrons. The van der Waals surface area contributed by atoms with Gasteiger partial charge in [0, 0.05) is 18.2 Å². The molecule has 1 saturated heterocycles. The molecule has 1 heterocycles. The van der Waals surface area contributed by atoms with Gasteiger partial charge >= 0.3 is 0 Å². The fraction of sp³-hybridized carbons (Fsp3) is 0.238. The molecular formula is C21H20N2O6. The van der Waals surface area contributed by atoms with Gasteiger partial charge in [0.25, 0.3) is 17.4 Å². The number of rotatable bonds is 6. The number of benzene rings is 2. The summed E-state index contributed by atoms with van der Waals surface area (Å²) in [7, 11) is 1.50. The summed E-state index contributed by atoms with van der Waals surface area (Å²) in [6, 6.07) is 11.2. The second-order valence-corrected chi connectivity index (χ2v) is 6.54. The molecule has 1 N–H and O–H groups in total. The summed E-state index contributed by atoms with van der Waals surface area (Å²) < 4.78 is 5.09. The standard InChI is InChI=1S/C21H20N2O6/c1-3-12-22-18(15-6-4-5-7-16(15)23(27)28)17(20(25)21(22)26)19(24)13-8-10-14(29-2)11-9-13/h4-11,18,24H,3,12H2,1-2H3/b19-17+. The number of amides is 1. The average molecular weight is 396 g/mol. The van der Waals surface area contributed by atoms with Gasteiger partial charge < -0.3 is 14.7 Å². The van der Waals surface area contributed by atoms with Gasteiger partial charge in [0.1, 0.15) is 11.5 Å². The molecule has 2 aromatic carbocycles. The van der Waals surface area contributed by atoms with Crippen LogP contribution in [0.2, 0.25) is 0 Å². The summed E-state index contributed by atoms with van der Waals surface area (Å²) in [5.41, 5.74) is 0.105. The largest absolute Gasteiger partial charge is 0.507 e. The highest BCUT2D eigenvalue weighted by molar-refractivity contribution is 6.46. The third-order valence-electron chi connectivity index (χ3n) is 4.80. The number of nitrogens with zero attached hydrogens (tertiary/aromatic N) is 2. The molecule has 1 atom stereocenters. The Labute approximate surface area is 167 Å². The van der Waals surface area contributed by atoms with Crippen molar-refractivity contribution in [2.45, 2.75) is 19.4 Å². The minimum atomic E-state index is -1.04. The number of hydrogen-bond donors (Lipinski definition) is 1. The normalized spacial score (nSPS) is 18.1. The van der Waals surface area contributed by atoms with Crippen molar-refractivity contribution in [3.8, 4) is 5.75 Å². The number of aliphatic hydroxyl groups excluding tert-OH is 1. The number of para-hydroxylation sites is 1. The smallest absolute Gasteiger partial charge is 0.295 e. The first kappa shape index (κ1) is 20.1. The van der Waals surface area contributed by atoms with Gasteiger partial charge in [-0.1, -0.05) is 19.1 Å². The molecule has 0 aromatic heterocycles. The van der Waals surface area contributed by atoms with E-state index >= 15 is 0 Å². The fourth-order valence-corrected chi connectivity index (χ4v) is 3.46. The lowest BCUT2D eigenvalue weighted by atomic mass is 9.94. The summed E-state index contributed by atoms with van der Waals surface area (Å²) >= 11 is 0. The molecule has 2 aromatic rings. The minimum absolute atomic E-state index is 0.164. The van der Waals surface area contributed by atoms with Crippen LogP contribution in [0, 0.1) is 10.1 Å². The van der Waals surface area contributed by atoms with E-state index in [9.17, 15) is 24.8 Å². The highest BCUT2D eigenvalue weighted by Crippen LogP contribution is 2.42. The van der Waals surface area contributed by atoms with E-state index in [4.69, 9.17) is 4.74 Å². The van der Waals surface area contributed by atoms with E-state index in [1.807, 2.05) is 6.92 Å². The number of carbonyl (C=O) groups is 2. The number of aliphatic hydroxyl groups is 1. The molecule has 0 spiro atoms. The molecule has 3 rings (SSSR count). The summed E-state index contributed by atoms with van der Waals surface area (Å²) in [4.78, 5) is 37.7. The molecule has 1 aliphatic heterocycles. The van der Waals surface area contributed by atoms with Gasteiger partial charge in [0.2, 0.25) is 0 Å². The van der Waals surface area contributed by atoms with Crippen LogP contribution in [-0.4, -0.2) is 40.3 Å². The Balaban J connectivity index is 2.23. The number of methoxy groups -OCH3 is 1. The zero-order valence-corrected chi connectivity index (χ0v) is 16.0. The minimum Gasteiger partial charge on any atom is -0.507 e. The first-order chi connectivity index (χ1) is 13.9. The number of nitro benzene ring substituents is 1. The van der Waals surface area contributed by atoms with Crippen LogP contribution in [-0.2, 0) is 9.59 Å². The van der Waals surface area contributed by atoms with Crippen LogP contribution in [0.3, 0.4) is 0 Å². The van der Waals surface area contributed by atoms with Gasteiger partial charge in [-0.05, 0) is 36.8 Å². The van der Waals surface area contributed by atoms with Crippen LogP contribution < -0.4 is 4.74 Å². The van der Waals surface area contributed by atoms with E-state index in [0.29, 0.717) is 17.7 Å². The van der Waals surface area contributed by atoms with Gasteiger partial charge in [0.05, 0.1) is 29.2 Å². The number of ketones is 1. The van der Waals surface area contributed by atoms with Crippen molar-refractivity contribution in [1.82, 2.24) is 4.90 Å². The highest BCUT2D eigenvalue weighted by Gasteiger charge is 2.47. The molecule has 1 amide bonds. The van der Waals surface area contributed by atoms with Crippen molar-refractivity contribution in [3.63, 3.8) is 0 Å². The van der Waals surface area contributed by atoms with Gasteiger partial charge in [-0.2, -0.15) is 0 Å². The maximum atomic E-state index is 12.8. The molecule has 0 saturated carbocycles. The first-order valence-corrected chi connectivity index (χ1v) is 9.06. The predicted octanol–water partition coefficient (Wildman–Crippen LogP) is 3.44. The van der Waals surface area contributed by atoms with E-state index in [0.717, 1.165) is 0 Å². The number of likely N-dealkylation sites (tertiary alicyclic amines) is 1. The SMILES string of the molecule is CCCN1C(=O)C(=O)/C(=C(/O)c2ccc(OC)cc2)C1c1ccccc1[N+](=O)[O-]. The highest BCUT2D eigenvalue weighted by atomic mass is 16.6. The summed E-state index contributed by atoms with van der Waals surface area (Å²) in [6.07, 6.45) is 0.548. The van der Waals surface area contributed by atoms with Gasteiger partial charge in [-0.15, -0.1) is 0 Å². The Morgan fingerprint density at radius 3 is 2.41 bits per heavy atom. The van der Waals surface area contributed by atoms with E-state index in [1.54, 1.807) is 30.3 Å². The molecule has 0 bridgehead atoms. The second kappa shape index (κ2) is 8.14. The van der Waals surface area contributed by atoms with E-state index in [1.165, 1.54) is 30.2 Å². The van der Waals surface area contributed by atoms with Crippen molar-refractivity contribution < 1.29 is 24.4 Å². The molecule has 0 aliphatic carbocycles. The van der Waals surface area contributed by atoms with Crippen molar-refractivity contribution in [1.29, 1.82) is 0 Å². The molecular weight excluding hydrogens is 376 g/mol. The molecule has 1 aliphatic rings. The van der Waals surface area contributed by atoms with Crippen LogP contribution in [0.5, 0.6) is 5.75 Å². The second-order valence-electron chi connectivity index (χ2n) is 6.54. The summed E-state index contributed by atoms with van der Waals surface area (Å²) in [5.74, 6) is -1.48. The number of nitro groups is 1. The molecule has 8 nitrogen and oxygen atoms in total. The van der Waals surface area contributed by atoms with Crippen LogP contribution in [0.15, 0.2) is 54.1 Å². The number of Topliss-reactive ketones (excluding diaryl/α,β-unsaturated/α-hetero) is 1. The van der Waals surface area contributed by atoms with E-state index in [2.05, 4.69) is 0 Å². The van der Waals surface area contributed by atoms with Crippen LogP contribution >= 0.6 is 0 Å². The zero-order chi connectivity index (χ0) is 21.1. The lowest BCUT2D eigenvalue weighted by Gasteiger charge is -2.24. The van der Waals surface area contributed by atoms with Gasteiger partial charge in [-0.25, -0.2) is 0 Å². The van der Waals surface area contributed by atoms with E-state index in [-0.39, 0.29) is 29.1 Å². The maximum absolute atomic E-state index is 12.8. The Kier molecular flexibility index (Phi) is 5.63. The number of carbonyl (C=O) groups excluding carboxylic acids is 2. The van der Waals surface area contributed by atoms with Crippen LogP contribution in [0.25, 0.3) is 5.76 Å². The molecule has 8 heteroatoms. The fourth-order valence-electron chi connectivity index (χ4n) is 3.46. The van der Waals surface area contributed by atoms with Crippen molar-refractivity contribution in [2.24, 2.45) is 0 Å². The zero-order valence-electron chi connectivity index (χ0n) is 16.0. The Hall–Kier alpha value is -3.68. The van der Waals surface area contributed by atoms with Crippen molar-refractivity contribution in [3.05, 3.63) is 75.3 Å². The maximum Gasteiger partial charge on any atom is 0.295 e. The summed E-state index contributed by atoms with van der Waals surface area (Å²) in [6.45, 7) is 2.06. The lowest BCUT2D eigenvalue weighted by Crippen LogP contribution is -2.30. The molecule has 29 heavy (non-hydrogen) atoms. The monoisotopic (exact) mass is 396 g/mol. The average Bonchev–Trinajstić information content (AvgIpc) is 2.98. The molecule has 1 fully saturated rings. The Bertz CT molecular complexity index is 996. The third kappa shape index (κ3) is 3.56. The molecule has 0 radical (unpaired) electrons. The predicted molar refractivity (Wildman–Crippen MR) is 105 cm³/mol. The van der Waals surface area contributed by atoms with E-state index < -0.39 is 22.7 Å². The summed E-state index contributed by atoms with van der Waals surface area (Å²) in [5, 5.41) is 22.4. The van der Waals surface area contributed by atoms with Gasteiger partial charge in [0.15, 0.2) is 0 Å². The van der Waals surface area contributed by atoms with Crippen LogP contribution in [0.1, 0.15) is 30.5 Å². The number of ether oxygens (including phenoxy) is 1. The lowest BCUT2D eigenvalue weighted by molar-refractivity contribution is -0.385. The Morgan fingerprint density at radius 1 is 1.17 bits per heavy atom. The quantitative estimate of drug-likeness (QED) is 0.263. The topological polar surface area (TPSA) is 110 Å². The third-order valence-corrected chi connectivity index (χ3v) is 4.80. The number of hydrogen-bond acceptors (Lipinski definition) is 6.